The number of carbonyl (C=O) groups excluding carboxylic acids is 2. The van der Waals surface area contributed by atoms with Crippen molar-refractivity contribution in [3.63, 3.8) is 0 Å². The first-order valence-corrected chi connectivity index (χ1v) is 7.99. The Hall–Kier alpha value is -2.34. The van der Waals surface area contributed by atoms with Gasteiger partial charge in [0.1, 0.15) is 5.76 Å². The maximum atomic E-state index is 12.8. The van der Waals surface area contributed by atoms with E-state index in [0.717, 1.165) is 5.76 Å². The molecule has 0 amide bonds. The van der Waals surface area contributed by atoms with E-state index in [-0.39, 0.29) is 11.8 Å². The Bertz CT molecular complexity index is 716. The van der Waals surface area contributed by atoms with Crippen molar-refractivity contribution in [2.45, 2.75) is 40.3 Å². The van der Waals surface area contributed by atoms with Crippen molar-refractivity contribution in [2.75, 3.05) is 13.7 Å². The summed E-state index contributed by atoms with van der Waals surface area (Å²) in [5, 5.41) is 0. The van der Waals surface area contributed by atoms with Crippen LogP contribution in [-0.2, 0) is 11.3 Å². The highest BCUT2D eigenvalue weighted by Crippen LogP contribution is 2.21. The van der Waals surface area contributed by atoms with Crippen LogP contribution in [0.15, 0.2) is 22.8 Å². The first kappa shape index (κ1) is 18.0. The number of nitrogens with zero attached hydrogens (tertiary/aromatic N) is 1. The molecule has 6 nitrogen and oxygen atoms in total. The highest BCUT2D eigenvalue weighted by Gasteiger charge is 2.27. The molecule has 0 aliphatic rings. The van der Waals surface area contributed by atoms with Crippen LogP contribution in [0.1, 0.15) is 51.7 Å². The zero-order chi connectivity index (χ0) is 17.9. The summed E-state index contributed by atoms with van der Waals surface area (Å²) in [6, 6.07) is 3.33. The van der Waals surface area contributed by atoms with Crippen LogP contribution in [0.5, 0.6) is 0 Å². The van der Waals surface area contributed by atoms with E-state index in [0.29, 0.717) is 35.7 Å². The monoisotopic (exact) mass is 332 g/mol. The number of aryl methyl sites for hydroxylation is 1. The van der Waals surface area contributed by atoms with Crippen molar-refractivity contribution >= 4 is 11.8 Å². The molecule has 130 valence electrons. The Morgan fingerprint density at radius 3 is 2.67 bits per heavy atom. The second-order valence-electron chi connectivity index (χ2n) is 5.88. The van der Waals surface area contributed by atoms with Crippen molar-refractivity contribution in [1.82, 2.24) is 9.88 Å². The lowest BCUT2D eigenvalue weighted by molar-refractivity contribution is 0.0525. The van der Waals surface area contributed by atoms with Crippen LogP contribution >= 0.6 is 0 Å². The summed E-state index contributed by atoms with van der Waals surface area (Å²) in [6.07, 6.45) is 1.61. The maximum absolute atomic E-state index is 12.8. The van der Waals surface area contributed by atoms with Crippen LogP contribution in [0.4, 0.5) is 0 Å². The van der Waals surface area contributed by atoms with E-state index in [2.05, 4.69) is 4.98 Å². The van der Waals surface area contributed by atoms with Crippen molar-refractivity contribution in [3.05, 3.63) is 46.7 Å². The highest BCUT2D eigenvalue weighted by atomic mass is 16.5. The zero-order valence-electron chi connectivity index (χ0n) is 14.8. The number of carbonyl (C=O) groups is 2. The molecule has 2 aromatic heterocycles. The molecule has 2 aromatic rings. The molecule has 0 unspecified atom stereocenters. The Balaban J connectivity index is 2.20. The van der Waals surface area contributed by atoms with E-state index in [9.17, 15) is 9.59 Å². The summed E-state index contributed by atoms with van der Waals surface area (Å²) in [7, 11) is 1.86. The lowest BCUT2D eigenvalue weighted by Crippen LogP contribution is -2.36. The smallest absolute Gasteiger partial charge is 0.340 e. The molecular formula is C18H24N2O4. The summed E-state index contributed by atoms with van der Waals surface area (Å²) < 4.78 is 10.4. The lowest BCUT2D eigenvalue weighted by Gasteiger charge is -2.22. The number of furan rings is 1. The second kappa shape index (κ2) is 7.49. The first-order valence-electron chi connectivity index (χ1n) is 7.99. The Morgan fingerprint density at radius 1 is 1.38 bits per heavy atom. The van der Waals surface area contributed by atoms with E-state index in [4.69, 9.17) is 9.15 Å². The molecule has 2 rings (SSSR count). The minimum absolute atomic E-state index is 0.0693. The first-order chi connectivity index (χ1) is 11.4. The average Bonchev–Trinajstić information content (AvgIpc) is 3.14. The Labute approximate surface area is 141 Å². The SMILES string of the molecule is CCOC(=O)c1c(C)[nH]c(C(=O)[C@H](C)N(C)Cc2ccco2)c1C. The lowest BCUT2D eigenvalue weighted by atomic mass is 10.0. The van der Waals surface area contributed by atoms with Crippen molar-refractivity contribution in [1.29, 1.82) is 0 Å². The number of hydrogen-bond acceptors (Lipinski definition) is 5. The highest BCUT2D eigenvalue weighted by molar-refractivity contribution is 6.03. The van der Waals surface area contributed by atoms with Gasteiger partial charge >= 0.3 is 5.97 Å². The van der Waals surface area contributed by atoms with Gasteiger partial charge in [0.25, 0.3) is 0 Å². The van der Waals surface area contributed by atoms with Gasteiger partial charge < -0.3 is 14.1 Å². The summed E-state index contributed by atoms with van der Waals surface area (Å²) >= 11 is 0. The third-order valence-electron chi connectivity index (χ3n) is 4.19. The van der Waals surface area contributed by atoms with E-state index >= 15 is 0 Å². The molecule has 6 heteroatoms. The topological polar surface area (TPSA) is 75.5 Å². The van der Waals surface area contributed by atoms with Crippen molar-refractivity contribution in [2.24, 2.45) is 0 Å². The molecule has 0 aliphatic carbocycles. The number of H-pyrrole nitrogens is 1. The third-order valence-corrected chi connectivity index (χ3v) is 4.19. The molecule has 0 radical (unpaired) electrons. The molecule has 0 spiro atoms. The molecule has 0 bridgehead atoms. The molecule has 2 heterocycles. The molecule has 0 aliphatic heterocycles. The average molecular weight is 332 g/mol. The fourth-order valence-corrected chi connectivity index (χ4v) is 2.70. The van der Waals surface area contributed by atoms with Gasteiger partial charge in [0.15, 0.2) is 5.78 Å². The number of hydrogen-bond donors (Lipinski definition) is 1. The molecule has 1 atom stereocenters. The molecule has 0 saturated carbocycles. The van der Waals surface area contributed by atoms with Gasteiger partial charge in [-0.1, -0.05) is 0 Å². The van der Waals surface area contributed by atoms with Crippen LogP contribution in [0.3, 0.4) is 0 Å². The van der Waals surface area contributed by atoms with E-state index < -0.39 is 5.97 Å². The summed E-state index contributed by atoms with van der Waals surface area (Å²) in [5.74, 6) is 0.323. The molecule has 0 saturated heterocycles. The van der Waals surface area contributed by atoms with Crippen LogP contribution in [0.2, 0.25) is 0 Å². The molecular weight excluding hydrogens is 308 g/mol. The minimum Gasteiger partial charge on any atom is -0.468 e. The number of nitrogens with one attached hydrogen (secondary N) is 1. The zero-order valence-corrected chi connectivity index (χ0v) is 14.8. The molecule has 0 fully saturated rings. The van der Waals surface area contributed by atoms with Gasteiger partial charge in [0.05, 0.1) is 36.7 Å². The van der Waals surface area contributed by atoms with Crippen molar-refractivity contribution in [3.8, 4) is 0 Å². The van der Waals surface area contributed by atoms with Gasteiger partial charge in [-0.25, -0.2) is 4.79 Å². The van der Waals surface area contributed by atoms with Crippen molar-refractivity contribution < 1.29 is 18.7 Å². The third kappa shape index (κ3) is 3.59. The number of Topliss-reactive ketones (excluding diaryl/α,β-unsaturated/α-hetero) is 1. The fraction of sp³-hybridized carbons (Fsp3) is 0.444. The van der Waals surface area contributed by atoms with Gasteiger partial charge in [-0.3, -0.25) is 9.69 Å². The van der Waals surface area contributed by atoms with Gasteiger partial charge in [-0.05, 0) is 52.4 Å². The summed E-state index contributed by atoms with van der Waals surface area (Å²) in [6.45, 7) is 7.96. The van der Waals surface area contributed by atoms with E-state index in [1.807, 2.05) is 31.0 Å². The second-order valence-corrected chi connectivity index (χ2v) is 5.88. The Kier molecular flexibility index (Phi) is 5.62. The minimum atomic E-state index is -0.403. The standard InChI is InChI=1S/C18H24N2O4/c1-6-23-18(22)15-11(2)16(19-12(15)3)17(21)13(4)20(5)10-14-8-7-9-24-14/h7-9,13,19H,6,10H2,1-5H3/t13-/m0/s1. The van der Waals surface area contributed by atoms with Crippen LogP contribution in [-0.4, -0.2) is 41.3 Å². The maximum Gasteiger partial charge on any atom is 0.340 e. The number of rotatable bonds is 7. The van der Waals surface area contributed by atoms with Crippen LogP contribution in [0.25, 0.3) is 0 Å². The molecule has 24 heavy (non-hydrogen) atoms. The largest absolute Gasteiger partial charge is 0.468 e. The summed E-state index contributed by atoms with van der Waals surface area (Å²) in [5.41, 5.74) is 2.18. The van der Waals surface area contributed by atoms with Crippen LogP contribution < -0.4 is 0 Å². The molecule has 0 aromatic carbocycles. The number of ether oxygens (including phenoxy) is 1. The summed E-state index contributed by atoms with van der Waals surface area (Å²) in [4.78, 5) is 29.8. The van der Waals surface area contributed by atoms with E-state index in [1.54, 1.807) is 27.0 Å². The van der Waals surface area contributed by atoms with Gasteiger partial charge in [-0.2, -0.15) is 0 Å². The quantitative estimate of drug-likeness (QED) is 0.623. The van der Waals surface area contributed by atoms with Gasteiger partial charge in [0, 0.05) is 5.69 Å². The number of aromatic amines is 1. The number of ketones is 1. The number of esters is 1. The van der Waals surface area contributed by atoms with E-state index in [1.165, 1.54) is 0 Å². The predicted octanol–water partition coefficient (Wildman–Crippen LogP) is 3.10. The van der Waals surface area contributed by atoms with Crippen LogP contribution in [0, 0.1) is 13.8 Å². The molecule has 1 N–H and O–H groups in total. The predicted molar refractivity (Wildman–Crippen MR) is 90.2 cm³/mol. The Morgan fingerprint density at radius 2 is 2.08 bits per heavy atom. The normalized spacial score (nSPS) is 12.4. The number of aromatic nitrogens is 1. The fourth-order valence-electron chi connectivity index (χ4n) is 2.70. The van der Waals surface area contributed by atoms with Gasteiger partial charge in [0.2, 0.25) is 0 Å². The van der Waals surface area contributed by atoms with Gasteiger partial charge in [-0.15, -0.1) is 0 Å². The number of likely N-dealkylation sites (N-methyl/N-ethyl adjacent to an activating group) is 1.